The van der Waals surface area contributed by atoms with Crippen LogP contribution in [0.25, 0.3) is 5.82 Å². The van der Waals surface area contributed by atoms with E-state index in [-0.39, 0.29) is 6.10 Å². The first-order chi connectivity index (χ1) is 13.9. The Morgan fingerprint density at radius 2 is 1.86 bits per heavy atom. The number of hydrogen-bond donors (Lipinski definition) is 0. The molecule has 0 spiro atoms. The van der Waals surface area contributed by atoms with Gasteiger partial charge in [0.1, 0.15) is 6.10 Å². The van der Waals surface area contributed by atoms with Gasteiger partial charge in [-0.05, 0) is 50.5 Å². The second-order valence-electron chi connectivity index (χ2n) is 7.17. The summed E-state index contributed by atoms with van der Waals surface area (Å²) in [5.74, 6) is 1.04. The van der Waals surface area contributed by atoms with Crippen molar-refractivity contribution in [3.63, 3.8) is 0 Å². The Hall–Kier alpha value is -2.78. The van der Waals surface area contributed by atoms with E-state index in [4.69, 9.17) is 4.74 Å². The molecule has 29 heavy (non-hydrogen) atoms. The largest absolute Gasteiger partial charge is 0.473 e. The molecule has 3 aromatic rings. The lowest BCUT2D eigenvalue weighted by molar-refractivity contribution is 0.128. The zero-order valence-electron chi connectivity index (χ0n) is 16.4. The van der Waals surface area contributed by atoms with E-state index in [1.807, 2.05) is 32.0 Å². The monoisotopic (exact) mass is 413 g/mol. The third kappa shape index (κ3) is 4.15. The maximum absolute atomic E-state index is 13.0. The number of rotatable bonds is 5. The molecule has 1 aliphatic heterocycles. The molecule has 1 saturated heterocycles. The normalized spacial score (nSPS) is 16.1. The van der Waals surface area contributed by atoms with Gasteiger partial charge in [-0.25, -0.2) is 13.1 Å². The zero-order chi connectivity index (χ0) is 20.4. The van der Waals surface area contributed by atoms with E-state index in [1.54, 1.807) is 35.3 Å². The summed E-state index contributed by atoms with van der Waals surface area (Å²) in [5, 5.41) is 12.3. The minimum Gasteiger partial charge on any atom is -0.473 e. The summed E-state index contributed by atoms with van der Waals surface area (Å²) in [7, 11) is -3.50. The first kappa shape index (κ1) is 19.5. The number of ether oxygens (including phenoxy) is 1. The van der Waals surface area contributed by atoms with Crippen LogP contribution in [0.4, 0.5) is 0 Å². The maximum Gasteiger partial charge on any atom is 0.243 e. The quantitative estimate of drug-likeness (QED) is 0.638. The van der Waals surface area contributed by atoms with Crippen LogP contribution in [0, 0.1) is 13.8 Å². The van der Waals surface area contributed by atoms with Gasteiger partial charge in [0.05, 0.1) is 4.90 Å². The fraction of sp³-hybridized carbons (Fsp3) is 0.350. The molecular weight excluding hydrogens is 390 g/mol. The van der Waals surface area contributed by atoms with Crippen molar-refractivity contribution >= 4 is 10.0 Å². The van der Waals surface area contributed by atoms with Crippen LogP contribution in [0.3, 0.4) is 0 Å². The Bertz CT molecular complexity index is 1070. The predicted octanol–water partition coefficient (Wildman–Crippen LogP) is 2.51. The molecule has 0 unspecified atom stereocenters. The number of aromatic nitrogens is 4. The minimum atomic E-state index is -3.50. The average Bonchev–Trinajstić information content (AvgIpc) is 3.23. The van der Waals surface area contributed by atoms with Crippen molar-refractivity contribution < 1.29 is 13.2 Å². The van der Waals surface area contributed by atoms with Gasteiger partial charge < -0.3 is 4.74 Å². The van der Waals surface area contributed by atoms with Gasteiger partial charge in [0, 0.05) is 31.5 Å². The molecule has 0 radical (unpaired) electrons. The number of nitrogens with zero attached hydrogens (tertiary/aromatic N) is 5. The molecule has 0 atom stereocenters. The van der Waals surface area contributed by atoms with Crippen LogP contribution in [-0.2, 0) is 10.0 Å². The van der Waals surface area contributed by atoms with Gasteiger partial charge >= 0.3 is 0 Å². The van der Waals surface area contributed by atoms with Crippen LogP contribution in [0.2, 0.25) is 0 Å². The minimum absolute atomic E-state index is 0.0922. The fourth-order valence-corrected chi connectivity index (χ4v) is 5.17. The summed E-state index contributed by atoms with van der Waals surface area (Å²) in [6.07, 6.45) is 4.58. The first-order valence-corrected chi connectivity index (χ1v) is 11.0. The number of aryl methyl sites for hydroxylation is 2. The van der Waals surface area contributed by atoms with Crippen LogP contribution in [0.15, 0.2) is 53.7 Å². The van der Waals surface area contributed by atoms with Crippen molar-refractivity contribution in [3.05, 3.63) is 59.9 Å². The van der Waals surface area contributed by atoms with Crippen LogP contribution in [0.5, 0.6) is 5.88 Å². The summed E-state index contributed by atoms with van der Waals surface area (Å²) in [6.45, 7) is 4.62. The van der Waals surface area contributed by atoms with E-state index in [9.17, 15) is 8.42 Å². The van der Waals surface area contributed by atoms with Crippen molar-refractivity contribution in [1.29, 1.82) is 0 Å². The van der Waals surface area contributed by atoms with E-state index in [2.05, 4.69) is 15.3 Å². The highest BCUT2D eigenvalue weighted by molar-refractivity contribution is 7.89. The van der Waals surface area contributed by atoms with Gasteiger partial charge in [-0.1, -0.05) is 17.7 Å². The van der Waals surface area contributed by atoms with E-state index < -0.39 is 10.0 Å². The van der Waals surface area contributed by atoms with Crippen LogP contribution >= 0.6 is 0 Å². The molecule has 0 bridgehead atoms. The molecule has 8 nitrogen and oxygen atoms in total. The average molecular weight is 414 g/mol. The fourth-order valence-electron chi connectivity index (χ4n) is 3.49. The lowest BCUT2D eigenvalue weighted by Gasteiger charge is -2.31. The SMILES string of the molecule is Cc1ccc(S(=O)(=O)N2CCC(Oc3ccc(-n4cccn4)nn3)CC2)c(C)c1. The standard InChI is InChI=1S/C20H23N5O3S/c1-15-4-5-18(16(2)14-15)29(26,27)24-12-8-17(9-13-24)28-20-7-6-19(22-23-20)25-11-3-10-21-25/h3-7,10-11,14,17H,8-9,12-13H2,1-2H3. The molecule has 0 N–H and O–H groups in total. The van der Waals surface area contributed by atoms with Gasteiger partial charge in [-0.15, -0.1) is 10.2 Å². The van der Waals surface area contributed by atoms with Crippen LogP contribution in [0.1, 0.15) is 24.0 Å². The molecule has 0 saturated carbocycles. The Balaban J connectivity index is 1.38. The number of benzene rings is 1. The van der Waals surface area contributed by atoms with Gasteiger partial charge in [-0.2, -0.15) is 9.40 Å². The number of piperidine rings is 1. The summed E-state index contributed by atoms with van der Waals surface area (Å²) >= 11 is 0. The zero-order valence-corrected chi connectivity index (χ0v) is 17.2. The highest BCUT2D eigenvalue weighted by atomic mass is 32.2. The molecule has 3 heterocycles. The van der Waals surface area contributed by atoms with Crippen molar-refractivity contribution in [2.75, 3.05) is 13.1 Å². The molecular formula is C20H23N5O3S. The van der Waals surface area contributed by atoms with Gasteiger partial charge in [0.2, 0.25) is 15.9 Å². The topological polar surface area (TPSA) is 90.2 Å². The van der Waals surface area contributed by atoms with Gasteiger partial charge in [-0.3, -0.25) is 0 Å². The summed E-state index contributed by atoms with van der Waals surface area (Å²) in [4.78, 5) is 0.377. The van der Waals surface area contributed by atoms with Gasteiger partial charge in [0.15, 0.2) is 5.82 Å². The third-order valence-electron chi connectivity index (χ3n) is 5.00. The number of sulfonamides is 1. The van der Waals surface area contributed by atoms with Crippen molar-refractivity contribution in [1.82, 2.24) is 24.3 Å². The highest BCUT2D eigenvalue weighted by Gasteiger charge is 2.31. The van der Waals surface area contributed by atoms with E-state index in [0.717, 1.165) is 11.1 Å². The van der Waals surface area contributed by atoms with E-state index in [1.165, 1.54) is 4.31 Å². The predicted molar refractivity (Wildman–Crippen MR) is 107 cm³/mol. The summed E-state index contributed by atoms with van der Waals surface area (Å²) in [5.41, 5.74) is 1.82. The molecule has 2 aromatic heterocycles. The lowest BCUT2D eigenvalue weighted by atomic mass is 10.1. The lowest BCUT2D eigenvalue weighted by Crippen LogP contribution is -2.42. The highest BCUT2D eigenvalue weighted by Crippen LogP contribution is 2.25. The number of hydrogen-bond acceptors (Lipinski definition) is 6. The summed E-state index contributed by atoms with van der Waals surface area (Å²) < 4.78 is 35.0. The molecule has 0 aliphatic carbocycles. The molecule has 0 amide bonds. The molecule has 1 fully saturated rings. The third-order valence-corrected chi connectivity index (χ3v) is 7.06. The van der Waals surface area contributed by atoms with Gasteiger partial charge in [0.25, 0.3) is 0 Å². The first-order valence-electron chi connectivity index (χ1n) is 9.51. The second-order valence-corrected chi connectivity index (χ2v) is 9.08. The Morgan fingerprint density at radius 3 is 2.48 bits per heavy atom. The Labute approximate surface area is 170 Å². The molecule has 1 aromatic carbocycles. The van der Waals surface area contributed by atoms with E-state index in [0.29, 0.717) is 42.5 Å². The smallest absolute Gasteiger partial charge is 0.243 e. The Morgan fingerprint density at radius 1 is 1.07 bits per heavy atom. The van der Waals surface area contributed by atoms with Crippen LogP contribution in [-0.4, -0.2) is 51.9 Å². The molecule has 152 valence electrons. The van der Waals surface area contributed by atoms with E-state index >= 15 is 0 Å². The summed E-state index contributed by atoms with van der Waals surface area (Å²) in [6, 6.07) is 10.8. The Kier molecular flexibility index (Phi) is 5.33. The second kappa shape index (κ2) is 7.92. The molecule has 9 heteroatoms. The van der Waals surface area contributed by atoms with Crippen molar-refractivity contribution in [3.8, 4) is 11.7 Å². The maximum atomic E-state index is 13.0. The van der Waals surface area contributed by atoms with Crippen LogP contribution < -0.4 is 4.74 Å². The van der Waals surface area contributed by atoms with Crippen molar-refractivity contribution in [2.24, 2.45) is 0 Å². The molecule has 4 rings (SSSR count). The molecule has 1 aliphatic rings. The van der Waals surface area contributed by atoms with Crippen molar-refractivity contribution in [2.45, 2.75) is 37.7 Å².